The highest BCUT2D eigenvalue weighted by Crippen LogP contribution is 2.33. The molecule has 6 N–H and O–H groups in total. The van der Waals surface area contributed by atoms with Gasteiger partial charge in [0.15, 0.2) is 11.3 Å². The number of nitrogens with two attached hydrogens (primary N) is 2. The van der Waals surface area contributed by atoms with E-state index in [-0.39, 0.29) is 38.1 Å². The lowest BCUT2D eigenvalue weighted by Crippen LogP contribution is -2.66. The standard InChI is InChI=1S/C16H22N6O4/c17-10(6-9-7-19-8-20-9)14(25)22-5-1-4-16(22,15(18)26)13(24)11-2-3-12(23)21-11/h7-8,10-11H,1-6,17H2,(H2,18,26)(H,19,20)(H,21,23)/t10-,11-,16+/m0/s1. The van der Waals surface area contributed by atoms with Crippen LogP contribution >= 0.6 is 0 Å². The van der Waals surface area contributed by atoms with Crippen molar-refractivity contribution in [2.75, 3.05) is 6.54 Å². The van der Waals surface area contributed by atoms with E-state index in [1.165, 1.54) is 11.2 Å². The van der Waals surface area contributed by atoms with Gasteiger partial charge in [0.2, 0.25) is 11.8 Å². The molecule has 3 amide bonds. The Kier molecular flexibility index (Phi) is 4.77. The average Bonchev–Trinajstić information content (AvgIpc) is 3.33. The number of hydrogen-bond donors (Lipinski definition) is 4. The summed E-state index contributed by atoms with van der Waals surface area (Å²) in [6, 6.07) is -1.76. The lowest BCUT2D eigenvalue weighted by Gasteiger charge is -2.37. The maximum absolute atomic E-state index is 13.0. The molecule has 2 saturated heterocycles. The van der Waals surface area contributed by atoms with E-state index in [2.05, 4.69) is 15.3 Å². The lowest BCUT2D eigenvalue weighted by molar-refractivity contribution is -0.152. The molecule has 0 saturated carbocycles. The molecule has 0 aromatic carbocycles. The number of aromatic nitrogens is 2. The first kappa shape index (κ1) is 18.1. The van der Waals surface area contributed by atoms with Gasteiger partial charge in [0.25, 0.3) is 5.91 Å². The number of nitrogens with one attached hydrogen (secondary N) is 2. The Labute approximate surface area is 149 Å². The second kappa shape index (κ2) is 6.87. The van der Waals surface area contributed by atoms with Gasteiger partial charge in [-0.15, -0.1) is 0 Å². The van der Waals surface area contributed by atoms with Crippen LogP contribution in [0.4, 0.5) is 0 Å². The van der Waals surface area contributed by atoms with Gasteiger partial charge in [0, 0.05) is 31.3 Å². The van der Waals surface area contributed by atoms with E-state index in [4.69, 9.17) is 11.5 Å². The smallest absolute Gasteiger partial charge is 0.251 e. The lowest BCUT2D eigenvalue weighted by atomic mass is 9.84. The number of imidazole rings is 1. The molecular formula is C16H22N6O4. The summed E-state index contributed by atoms with van der Waals surface area (Å²) in [5.41, 5.74) is 10.5. The van der Waals surface area contributed by atoms with E-state index < -0.39 is 35.2 Å². The molecule has 0 unspecified atom stereocenters. The fourth-order valence-corrected chi connectivity index (χ4v) is 3.77. The molecule has 1 aromatic rings. The maximum atomic E-state index is 13.0. The Hall–Kier alpha value is -2.75. The van der Waals surface area contributed by atoms with Crippen molar-refractivity contribution >= 4 is 23.5 Å². The third kappa shape index (κ3) is 2.96. The van der Waals surface area contributed by atoms with Gasteiger partial charge < -0.3 is 26.7 Å². The van der Waals surface area contributed by atoms with E-state index in [1.807, 2.05) is 0 Å². The van der Waals surface area contributed by atoms with E-state index in [0.717, 1.165) is 0 Å². The minimum Gasteiger partial charge on any atom is -0.367 e. The molecule has 2 aliphatic rings. The van der Waals surface area contributed by atoms with Crippen LogP contribution in [0.25, 0.3) is 0 Å². The summed E-state index contributed by atoms with van der Waals surface area (Å²) < 4.78 is 0. The number of carbonyl (C=O) groups is 4. The molecule has 0 radical (unpaired) electrons. The highest BCUT2D eigenvalue weighted by molar-refractivity contribution is 6.16. The second-order valence-corrected chi connectivity index (χ2v) is 6.73. The SMILES string of the molecule is NC(=O)[C@]1(C(=O)[C@@H]2CCC(=O)N2)CCCN1C(=O)[C@@H](N)Cc1cnc[nH]1. The van der Waals surface area contributed by atoms with Gasteiger partial charge in [0.1, 0.15) is 0 Å². The molecule has 2 aliphatic heterocycles. The Balaban J connectivity index is 1.84. The number of aromatic amines is 1. The van der Waals surface area contributed by atoms with Gasteiger partial charge in [-0.2, -0.15) is 0 Å². The molecule has 3 rings (SSSR count). The number of nitrogens with zero attached hydrogens (tertiary/aromatic N) is 2. The topological polar surface area (TPSA) is 164 Å². The Morgan fingerprint density at radius 3 is 2.77 bits per heavy atom. The molecular weight excluding hydrogens is 340 g/mol. The van der Waals surface area contributed by atoms with Gasteiger partial charge in [-0.25, -0.2) is 4.98 Å². The van der Waals surface area contributed by atoms with Crippen molar-refractivity contribution in [2.45, 2.75) is 49.7 Å². The fourth-order valence-electron chi connectivity index (χ4n) is 3.77. The minimum atomic E-state index is -1.76. The number of ketones is 1. The summed E-state index contributed by atoms with van der Waals surface area (Å²) in [6.07, 6.45) is 4.31. The fraction of sp³-hybridized carbons (Fsp3) is 0.562. The third-order valence-corrected chi connectivity index (χ3v) is 5.09. The minimum absolute atomic E-state index is 0.135. The summed E-state index contributed by atoms with van der Waals surface area (Å²) in [5, 5.41) is 2.56. The van der Waals surface area contributed by atoms with Crippen molar-refractivity contribution < 1.29 is 19.2 Å². The van der Waals surface area contributed by atoms with E-state index in [1.54, 1.807) is 6.20 Å². The van der Waals surface area contributed by atoms with Crippen molar-refractivity contribution in [3.8, 4) is 0 Å². The highest BCUT2D eigenvalue weighted by atomic mass is 16.2. The van der Waals surface area contributed by atoms with Crippen LogP contribution in [-0.2, 0) is 25.6 Å². The number of amides is 3. The van der Waals surface area contributed by atoms with E-state index in [9.17, 15) is 19.2 Å². The third-order valence-electron chi connectivity index (χ3n) is 5.09. The number of Topliss-reactive ketones (excluding diaryl/α,β-unsaturated/α-hetero) is 1. The number of rotatable bonds is 6. The number of H-pyrrole nitrogens is 1. The average molecular weight is 362 g/mol. The monoisotopic (exact) mass is 362 g/mol. The zero-order valence-electron chi connectivity index (χ0n) is 14.2. The predicted molar refractivity (Wildman–Crippen MR) is 89.3 cm³/mol. The number of primary amides is 1. The number of carbonyl (C=O) groups excluding carboxylic acids is 4. The van der Waals surface area contributed by atoms with Crippen LogP contribution < -0.4 is 16.8 Å². The van der Waals surface area contributed by atoms with Crippen LogP contribution in [-0.4, -0.2) is 62.5 Å². The molecule has 0 spiro atoms. The summed E-state index contributed by atoms with van der Waals surface area (Å²) >= 11 is 0. The number of likely N-dealkylation sites (tertiary alicyclic amines) is 1. The first-order valence-electron chi connectivity index (χ1n) is 8.54. The van der Waals surface area contributed by atoms with Crippen LogP contribution in [0.15, 0.2) is 12.5 Å². The van der Waals surface area contributed by atoms with Crippen molar-refractivity contribution in [1.82, 2.24) is 20.2 Å². The van der Waals surface area contributed by atoms with Crippen LogP contribution in [0.3, 0.4) is 0 Å². The predicted octanol–water partition coefficient (Wildman–Crippen LogP) is -2.03. The van der Waals surface area contributed by atoms with Gasteiger partial charge in [-0.05, 0) is 19.3 Å². The summed E-state index contributed by atoms with van der Waals surface area (Å²) in [7, 11) is 0. The largest absolute Gasteiger partial charge is 0.367 e. The van der Waals surface area contributed by atoms with E-state index >= 15 is 0 Å². The van der Waals surface area contributed by atoms with Crippen LogP contribution in [0.5, 0.6) is 0 Å². The molecule has 10 heteroatoms. The van der Waals surface area contributed by atoms with Crippen molar-refractivity contribution in [2.24, 2.45) is 11.5 Å². The van der Waals surface area contributed by atoms with Gasteiger partial charge in [-0.3, -0.25) is 19.2 Å². The van der Waals surface area contributed by atoms with Gasteiger partial charge in [0.05, 0.1) is 18.4 Å². The molecule has 1 aromatic heterocycles. The van der Waals surface area contributed by atoms with Crippen molar-refractivity contribution in [3.63, 3.8) is 0 Å². The molecule has 0 aliphatic carbocycles. The molecule has 0 bridgehead atoms. The first-order chi connectivity index (χ1) is 12.4. The maximum Gasteiger partial charge on any atom is 0.251 e. The zero-order valence-corrected chi connectivity index (χ0v) is 14.2. The Morgan fingerprint density at radius 2 is 2.19 bits per heavy atom. The van der Waals surface area contributed by atoms with Crippen LogP contribution in [0.1, 0.15) is 31.4 Å². The second-order valence-electron chi connectivity index (χ2n) is 6.73. The number of hydrogen-bond acceptors (Lipinski definition) is 6. The summed E-state index contributed by atoms with van der Waals surface area (Å²) in [6.45, 7) is 0.213. The molecule has 2 fully saturated rings. The molecule has 26 heavy (non-hydrogen) atoms. The Morgan fingerprint density at radius 1 is 1.42 bits per heavy atom. The van der Waals surface area contributed by atoms with Crippen molar-refractivity contribution in [3.05, 3.63) is 18.2 Å². The zero-order chi connectivity index (χ0) is 18.9. The van der Waals surface area contributed by atoms with E-state index in [0.29, 0.717) is 12.1 Å². The normalized spacial score (nSPS) is 26.6. The molecule has 3 heterocycles. The summed E-state index contributed by atoms with van der Waals surface area (Å²) in [4.78, 5) is 57.6. The van der Waals surface area contributed by atoms with Gasteiger partial charge in [-0.1, -0.05) is 0 Å². The quantitative estimate of drug-likeness (QED) is 0.426. The van der Waals surface area contributed by atoms with Crippen molar-refractivity contribution in [1.29, 1.82) is 0 Å². The first-order valence-corrected chi connectivity index (χ1v) is 8.54. The molecule has 3 atom stereocenters. The van der Waals surface area contributed by atoms with Gasteiger partial charge >= 0.3 is 0 Å². The Bertz CT molecular complexity index is 733. The summed E-state index contributed by atoms with van der Waals surface area (Å²) in [5.74, 6) is -2.19. The molecule has 140 valence electrons. The van der Waals surface area contributed by atoms with Crippen LogP contribution in [0.2, 0.25) is 0 Å². The van der Waals surface area contributed by atoms with Crippen LogP contribution in [0, 0.1) is 0 Å². The molecule has 10 nitrogen and oxygen atoms in total. The highest BCUT2D eigenvalue weighted by Gasteiger charge is 2.57.